The number of aromatic nitrogens is 2. The molecule has 6 heteroatoms. The molecule has 1 unspecified atom stereocenters. The number of thiocarbonyl (C=S) groups is 1. The van der Waals surface area contributed by atoms with Gasteiger partial charge in [0, 0.05) is 12.6 Å². The van der Waals surface area contributed by atoms with Gasteiger partial charge in [0.05, 0.1) is 11.3 Å². The van der Waals surface area contributed by atoms with Crippen molar-refractivity contribution in [2.24, 2.45) is 5.73 Å². The van der Waals surface area contributed by atoms with Gasteiger partial charge in [-0.15, -0.1) is 5.10 Å². The minimum Gasteiger partial charge on any atom is -0.389 e. The van der Waals surface area contributed by atoms with Crippen LogP contribution in [0.2, 0.25) is 0 Å². The maximum Gasteiger partial charge on any atom is 0.159 e. The van der Waals surface area contributed by atoms with Crippen LogP contribution in [0.4, 0.5) is 5.82 Å². The molecular formula is C15H25N5S. The van der Waals surface area contributed by atoms with Crippen molar-refractivity contribution in [2.45, 2.75) is 46.1 Å². The maximum absolute atomic E-state index is 5.86. The minimum absolute atomic E-state index is 0.285. The number of hydrogen-bond donors (Lipinski definition) is 2. The van der Waals surface area contributed by atoms with Crippen LogP contribution in [0.25, 0.3) is 0 Å². The lowest BCUT2D eigenvalue weighted by molar-refractivity contribution is 0.223. The van der Waals surface area contributed by atoms with Gasteiger partial charge >= 0.3 is 0 Å². The molecule has 1 aromatic rings. The molecule has 1 saturated heterocycles. The zero-order valence-corrected chi connectivity index (χ0v) is 14.0. The number of hydrogen-bond acceptors (Lipinski definition) is 5. The summed E-state index contributed by atoms with van der Waals surface area (Å²) in [4.78, 5) is 2.87. The molecule has 0 radical (unpaired) electrons. The van der Waals surface area contributed by atoms with Crippen LogP contribution in [0.5, 0.6) is 0 Å². The average molecular weight is 307 g/mol. The Kier molecular flexibility index (Phi) is 5.47. The molecule has 2 heterocycles. The van der Waals surface area contributed by atoms with Crippen molar-refractivity contribution in [3.63, 3.8) is 0 Å². The number of nitrogens with two attached hydrogens (primary N) is 1. The lowest BCUT2D eigenvalue weighted by atomic mass is 10.1. The van der Waals surface area contributed by atoms with E-state index in [0.717, 1.165) is 23.4 Å². The lowest BCUT2D eigenvalue weighted by Gasteiger charge is -2.29. The van der Waals surface area contributed by atoms with E-state index in [4.69, 9.17) is 18.0 Å². The molecule has 116 valence electrons. The number of nitrogens with zero attached hydrogens (tertiary/aromatic N) is 3. The molecule has 0 amide bonds. The second-order valence-electron chi connectivity index (χ2n) is 5.90. The Morgan fingerprint density at radius 2 is 1.95 bits per heavy atom. The summed E-state index contributed by atoms with van der Waals surface area (Å²) in [5, 5.41) is 11.9. The van der Waals surface area contributed by atoms with E-state index in [2.05, 4.69) is 27.3 Å². The van der Waals surface area contributed by atoms with E-state index in [1.807, 2.05) is 13.8 Å². The van der Waals surface area contributed by atoms with E-state index < -0.39 is 0 Å². The first-order valence-electron chi connectivity index (χ1n) is 7.61. The van der Waals surface area contributed by atoms with E-state index in [9.17, 15) is 0 Å². The van der Waals surface area contributed by atoms with Gasteiger partial charge in [-0.3, -0.25) is 0 Å². The van der Waals surface area contributed by atoms with E-state index >= 15 is 0 Å². The van der Waals surface area contributed by atoms with Gasteiger partial charge in [0.2, 0.25) is 0 Å². The molecule has 0 spiro atoms. The molecule has 1 fully saturated rings. The Morgan fingerprint density at radius 1 is 1.29 bits per heavy atom. The van der Waals surface area contributed by atoms with Gasteiger partial charge in [-0.1, -0.05) is 18.6 Å². The summed E-state index contributed by atoms with van der Waals surface area (Å²) in [6.07, 6.45) is 3.95. The number of likely N-dealkylation sites (tertiary alicyclic amines) is 1. The first-order chi connectivity index (χ1) is 9.99. The monoisotopic (exact) mass is 307 g/mol. The fourth-order valence-corrected chi connectivity index (χ4v) is 3.07. The first-order valence-corrected chi connectivity index (χ1v) is 8.02. The number of anilines is 1. The van der Waals surface area contributed by atoms with Crippen molar-refractivity contribution < 1.29 is 0 Å². The Hall–Kier alpha value is -1.27. The summed E-state index contributed by atoms with van der Waals surface area (Å²) in [7, 11) is 0. The smallest absolute Gasteiger partial charge is 0.159 e. The molecule has 21 heavy (non-hydrogen) atoms. The maximum atomic E-state index is 5.86. The third kappa shape index (κ3) is 4.11. The highest BCUT2D eigenvalue weighted by atomic mass is 32.1. The predicted octanol–water partition coefficient (Wildman–Crippen LogP) is 2.01. The second-order valence-corrected chi connectivity index (χ2v) is 6.34. The molecule has 0 saturated carbocycles. The Morgan fingerprint density at radius 3 is 2.57 bits per heavy atom. The van der Waals surface area contributed by atoms with Gasteiger partial charge in [0.15, 0.2) is 5.82 Å². The number of piperidine rings is 1. The summed E-state index contributed by atoms with van der Waals surface area (Å²) in [6, 6.07) is 0.285. The van der Waals surface area contributed by atoms with Gasteiger partial charge in [-0.05, 0) is 52.3 Å². The quantitative estimate of drug-likeness (QED) is 0.811. The van der Waals surface area contributed by atoms with E-state index in [-0.39, 0.29) is 6.04 Å². The van der Waals surface area contributed by atoms with Crippen molar-refractivity contribution in [3.05, 3.63) is 16.8 Å². The summed E-state index contributed by atoms with van der Waals surface area (Å²) in [6.45, 7) is 9.45. The topological polar surface area (TPSA) is 67.1 Å². The summed E-state index contributed by atoms with van der Waals surface area (Å²) in [5.41, 5.74) is 8.55. The molecule has 3 N–H and O–H groups in total. The zero-order chi connectivity index (χ0) is 15.4. The lowest BCUT2D eigenvalue weighted by Crippen LogP contribution is -2.38. The van der Waals surface area contributed by atoms with Crippen LogP contribution >= 0.6 is 12.2 Å². The highest BCUT2D eigenvalue weighted by Gasteiger charge is 2.17. The fraction of sp³-hybridized carbons (Fsp3) is 0.667. The molecule has 5 nitrogen and oxygen atoms in total. The second kappa shape index (κ2) is 7.13. The predicted molar refractivity (Wildman–Crippen MR) is 90.8 cm³/mol. The zero-order valence-electron chi connectivity index (χ0n) is 13.1. The Balaban J connectivity index is 2.08. The molecule has 0 aromatic carbocycles. The van der Waals surface area contributed by atoms with Crippen molar-refractivity contribution >= 4 is 23.0 Å². The highest BCUT2D eigenvalue weighted by Crippen LogP contribution is 2.19. The van der Waals surface area contributed by atoms with Gasteiger partial charge in [-0.2, -0.15) is 5.10 Å². The summed E-state index contributed by atoms with van der Waals surface area (Å²) < 4.78 is 0. The molecule has 1 aromatic heterocycles. The average Bonchev–Trinajstić information content (AvgIpc) is 2.43. The SMILES string of the molecule is Cc1nnc(NC(C)CN2CCCCC2)c(C(N)=S)c1C. The van der Waals surface area contributed by atoms with Crippen LogP contribution in [0, 0.1) is 13.8 Å². The fourth-order valence-electron chi connectivity index (χ4n) is 2.82. The van der Waals surface area contributed by atoms with Crippen LogP contribution in [-0.2, 0) is 0 Å². The van der Waals surface area contributed by atoms with Crippen molar-refractivity contribution in [1.29, 1.82) is 0 Å². The third-order valence-electron chi connectivity index (χ3n) is 4.06. The molecule has 0 aliphatic carbocycles. The van der Waals surface area contributed by atoms with Crippen molar-refractivity contribution in [2.75, 3.05) is 25.0 Å². The van der Waals surface area contributed by atoms with Gasteiger partial charge in [-0.25, -0.2) is 0 Å². The third-order valence-corrected chi connectivity index (χ3v) is 4.27. The van der Waals surface area contributed by atoms with Gasteiger partial charge in [0.25, 0.3) is 0 Å². The van der Waals surface area contributed by atoms with E-state index in [1.54, 1.807) is 0 Å². The van der Waals surface area contributed by atoms with Crippen LogP contribution in [-0.4, -0.2) is 45.8 Å². The highest BCUT2D eigenvalue weighted by molar-refractivity contribution is 7.80. The van der Waals surface area contributed by atoms with Crippen LogP contribution < -0.4 is 11.1 Å². The number of aryl methyl sites for hydroxylation is 1. The standard InChI is InChI=1S/C15H25N5S/c1-10(9-20-7-5-4-6-8-20)17-15-13(14(16)21)11(2)12(3)18-19-15/h10H,4-9H2,1-3H3,(H2,16,21)(H,17,19). The van der Waals surface area contributed by atoms with Gasteiger partial charge in [0.1, 0.15) is 4.99 Å². The largest absolute Gasteiger partial charge is 0.389 e. The van der Waals surface area contributed by atoms with E-state index in [1.165, 1.54) is 32.4 Å². The molecular weight excluding hydrogens is 282 g/mol. The Labute approximate surface area is 132 Å². The van der Waals surface area contributed by atoms with Gasteiger partial charge < -0.3 is 16.0 Å². The minimum atomic E-state index is 0.285. The molecule has 0 bridgehead atoms. The van der Waals surface area contributed by atoms with Crippen LogP contribution in [0.1, 0.15) is 43.0 Å². The number of nitrogens with one attached hydrogen (secondary N) is 1. The normalized spacial score (nSPS) is 17.5. The van der Waals surface area contributed by atoms with Crippen LogP contribution in [0.15, 0.2) is 0 Å². The number of rotatable bonds is 5. The molecule has 1 aliphatic heterocycles. The van der Waals surface area contributed by atoms with E-state index in [0.29, 0.717) is 10.8 Å². The molecule has 1 aliphatic rings. The Bertz CT molecular complexity index is 511. The first kappa shape index (κ1) is 16.1. The van der Waals surface area contributed by atoms with Crippen LogP contribution in [0.3, 0.4) is 0 Å². The summed E-state index contributed by atoms with van der Waals surface area (Å²) >= 11 is 5.17. The van der Waals surface area contributed by atoms with Crippen molar-refractivity contribution in [1.82, 2.24) is 15.1 Å². The summed E-state index contributed by atoms with van der Waals surface area (Å²) in [5.74, 6) is 0.704. The molecule has 1 atom stereocenters. The van der Waals surface area contributed by atoms with Crippen molar-refractivity contribution in [3.8, 4) is 0 Å². The molecule has 2 rings (SSSR count).